The molecule has 4 aliphatic rings. The molecule has 0 aromatic heterocycles. The van der Waals surface area contributed by atoms with E-state index in [-0.39, 0.29) is 85.9 Å². The Kier molecular flexibility index (Phi) is 18.7. The van der Waals surface area contributed by atoms with Crippen molar-refractivity contribution in [2.75, 3.05) is 74.2 Å². The van der Waals surface area contributed by atoms with Gasteiger partial charge in [0.1, 0.15) is 25.6 Å². The highest BCUT2D eigenvalue weighted by Crippen LogP contribution is 2.45. The normalized spacial score (nSPS) is 24.9. The van der Waals surface area contributed by atoms with Crippen LogP contribution in [0.25, 0.3) is 0 Å². The average Bonchev–Trinajstić information content (AvgIpc) is 3.68. The van der Waals surface area contributed by atoms with Crippen molar-refractivity contribution in [1.82, 2.24) is 10.1 Å². The van der Waals surface area contributed by atoms with Crippen LogP contribution in [0.5, 0.6) is 0 Å². The summed E-state index contributed by atoms with van der Waals surface area (Å²) < 4.78 is 12.5. The SMILES string of the molecule is C[N+](C)(CCCC(=O)ON1C(=O)CCC1=O)CCOCC1CC(SSC2CCC([N+](=O)[O-])C(C(=O)OCC[N+](C)(C)CCCC(=O)ON3C(=O)CCC3=O)C2)CCC1[N+](=O)[O-]. The molecule has 342 valence electrons. The topological polar surface area (TPSA) is 249 Å². The van der Waals surface area contributed by atoms with Gasteiger partial charge in [-0.25, -0.2) is 9.59 Å². The van der Waals surface area contributed by atoms with Gasteiger partial charge in [-0.15, -0.1) is 10.1 Å². The lowest BCUT2D eigenvalue weighted by molar-refractivity contribution is -0.890. The van der Waals surface area contributed by atoms with Crippen molar-refractivity contribution in [3.8, 4) is 0 Å². The summed E-state index contributed by atoms with van der Waals surface area (Å²) in [6.07, 6.45) is 3.57. The van der Waals surface area contributed by atoms with Crippen molar-refractivity contribution in [3.63, 3.8) is 0 Å². The zero-order valence-corrected chi connectivity index (χ0v) is 37.1. The number of hydroxylamine groups is 4. The summed E-state index contributed by atoms with van der Waals surface area (Å²) in [5.41, 5.74) is 0. The zero-order chi connectivity index (χ0) is 44.9. The smallest absolute Gasteiger partial charge is 0.333 e. The van der Waals surface area contributed by atoms with Gasteiger partial charge in [0.2, 0.25) is 12.1 Å². The van der Waals surface area contributed by atoms with Gasteiger partial charge in [0.05, 0.1) is 73.3 Å². The fraction of sp³-hybridized carbons (Fsp3) is 0.816. The van der Waals surface area contributed by atoms with Crippen LogP contribution in [0.2, 0.25) is 0 Å². The lowest BCUT2D eigenvalue weighted by Gasteiger charge is -2.34. The van der Waals surface area contributed by atoms with Crippen molar-refractivity contribution in [2.24, 2.45) is 11.8 Å². The number of quaternary nitrogens is 2. The molecule has 2 saturated carbocycles. The molecule has 0 bridgehead atoms. The van der Waals surface area contributed by atoms with Gasteiger partial charge in [-0.2, -0.15) is 0 Å². The van der Waals surface area contributed by atoms with E-state index in [9.17, 15) is 53.8 Å². The van der Waals surface area contributed by atoms with Gasteiger partial charge in [0.25, 0.3) is 23.6 Å². The number of hydrogen-bond donors (Lipinski definition) is 0. The molecule has 4 rings (SSSR count). The van der Waals surface area contributed by atoms with Crippen LogP contribution in [0.15, 0.2) is 0 Å². The van der Waals surface area contributed by atoms with E-state index in [1.165, 1.54) is 0 Å². The van der Waals surface area contributed by atoms with Crippen molar-refractivity contribution < 1.29 is 71.5 Å². The van der Waals surface area contributed by atoms with Crippen LogP contribution in [0, 0.1) is 32.1 Å². The van der Waals surface area contributed by atoms with Gasteiger partial charge in [-0.3, -0.25) is 44.2 Å². The Bertz CT molecular complexity index is 1620. The van der Waals surface area contributed by atoms with Crippen LogP contribution >= 0.6 is 21.6 Å². The number of amides is 4. The molecule has 6 unspecified atom stereocenters. The van der Waals surface area contributed by atoms with E-state index in [2.05, 4.69) is 0 Å². The maximum Gasteiger partial charge on any atom is 0.333 e. The number of ether oxygens (including phenoxy) is 2. The molecule has 2 aliphatic heterocycles. The van der Waals surface area contributed by atoms with Gasteiger partial charge < -0.3 is 28.1 Å². The van der Waals surface area contributed by atoms with E-state index in [0.717, 1.165) is 0 Å². The van der Waals surface area contributed by atoms with E-state index >= 15 is 0 Å². The third kappa shape index (κ3) is 15.7. The second-order valence-electron chi connectivity index (χ2n) is 17.4. The van der Waals surface area contributed by atoms with Crippen molar-refractivity contribution in [2.45, 2.75) is 112 Å². The molecule has 4 fully saturated rings. The van der Waals surface area contributed by atoms with E-state index in [0.29, 0.717) is 90.4 Å². The number of carbonyl (C=O) groups excluding carboxylic acids is 7. The van der Waals surface area contributed by atoms with Crippen molar-refractivity contribution in [1.29, 1.82) is 0 Å². The number of nitro groups is 2. The highest BCUT2D eigenvalue weighted by Gasteiger charge is 2.45. The van der Waals surface area contributed by atoms with Crippen molar-refractivity contribution in [3.05, 3.63) is 20.2 Å². The molecule has 6 atom stereocenters. The van der Waals surface area contributed by atoms with E-state index in [4.69, 9.17) is 19.1 Å². The minimum atomic E-state index is -1.06. The molecule has 0 aromatic carbocycles. The average molecular weight is 905 g/mol. The highest BCUT2D eigenvalue weighted by molar-refractivity contribution is 8.77. The summed E-state index contributed by atoms with van der Waals surface area (Å²) in [5, 5.41) is 25.0. The number of esters is 1. The summed E-state index contributed by atoms with van der Waals surface area (Å²) in [6.45, 7) is 2.64. The molecule has 0 aromatic rings. The molecule has 23 heteroatoms. The Morgan fingerprint density at radius 1 is 0.656 bits per heavy atom. The van der Waals surface area contributed by atoms with Crippen LogP contribution in [0.3, 0.4) is 0 Å². The molecular formula is C38H60N6O15S2+2. The first-order chi connectivity index (χ1) is 28.7. The van der Waals surface area contributed by atoms with Crippen LogP contribution in [0.1, 0.15) is 89.9 Å². The number of rotatable bonds is 24. The molecule has 0 spiro atoms. The first kappa shape index (κ1) is 49.7. The molecule has 0 radical (unpaired) electrons. The standard InChI is InChI=1S/C38H60N6O15S2/c1-43(2,17-5-7-36(49)58-39-32(45)13-14-33(39)46)19-21-56-25-26-23-27(9-11-30(26)41(52)53)60-61-28-10-12-31(42(54)55)29(24-28)38(51)57-22-20-44(3,4)18-6-8-37(50)59-40-34(47)15-16-35(40)48/h26-31H,5-25H2,1-4H3/q+2. The molecule has 2 aliphatic carbocycles. The number of hydrogen-bond acceptors (Lipinski definition) is 17. The predicted molar refractivity (Wildman–Crippen MR) is 217 cm³/mol. The molecule has 61 heavy (non-hydrogen) atoms. The van der Waals surface area contributed by atoms with Crippen LogP contribution in [-0.4, -0.2) is 167 Å². The summed E-state index contributed by atoms with van der Waals surface area (Å²) >= 11 is 0. The Morgan fingerprint density at radius 2 is 1.10 bits per heavy atom. The summed E-state index contributed by atoms with van der Waals surface area (Å²) in [5.74, 6) is -5.35. The Morgan fingerprint density at radius 3 is 1.57 bits per heavy atom. The largest absolute Gasteiger partial charge is 0.459 e. The van der Waals surface area contributed by atoms with Crippen LogP contribution in [-0.2, 0) is 52.7 Å². The maximum atomic E-state index is 13.3. The van der Waals surface area contributed by atoms with Gasteiger partial charge in [0, 0.05) is 71.7 Å². The minimum absolute atomic E-state index is 0.00975. The van der Waals surface area contributed by atoms with Crippen molar-refractivity contribution >= 4 is 63.1 Å². The van der Waals surface area contributed by atoms with Crippen LogP contribution < -0.4 is 0 Å². The van der Waals surface area contributed by atoms with E-state index < -0.39 is 64.5 Å². The first-order valence-electron chi connectivity index (χ1n) is 20.9. The monoisotopic (exact) mass is 904 g/mol. The predicted octanol–water partition coefficient (Wildman–Crippen LogP) is 2.48. The number of carbonyl (C=O) groups is 7. The third-order valence-electron chi connectivity index (χ3n) is 11.6. The molecule has 2 heterocycles. The van der Waals surface area contributed by atoms with Gasteiger partial charge in [-0.05, 0) is 25.7 Å². The molecule has 0 N–H and O–H groups in total. The summed E-state index contributed by atoms with van der Waals surface area (Å²) in [4.78, 5) is 117. The summed E-state index contributed by atoms with van der Waals surface area (Å²) in [7, 11) is 10.9. The van der Waals surface area contributed by atoms with Gasteiger partial charge in [0.15, 0.2) is 0 Å². The second-order valence-corrected chi connectivity index (χ2v) is 20.3. The summed E-state index contributed by atoms with van der Waals surface area (Å²) in [6, 6.07) is -1.80. The lowest BCUT2D eigenvalue weighted by atomic mass is 9.84. The Balaban J connectivity index is 1.16. The fourth-order valence-corrected chi connectivity index (χ4v) is 11.2. The zero-order valence-electron chi connectivity index (χ0n) is 35.4. The fourth-order valence-electron chi connectivity index (χ4n) is 7.80. The third-order valence-corrected chi connectivity index (χ3v) is 15.1. The van der Waals surface area contributed by atoms with Gasteiger partial charge >= 0.3 is 17.9 Å². The Labute approximate surface area is 362 Å². The van der Waals surface area contributed by atoms with Crippen LogP contribution in [0.4, 0.5) is 0 Å². The van der Waals surface area contributed by atoms with Gasteiger partial charge in [-0.1, -0.05) is 21.6 Å². The highest BCUT2D eigenvalue weighted by atomic mass is 33.1. The second kappa shape index (κ2) is 23.0. The minimum Gasteiger partial charge on any atom is -0.459 e. The molecule has 21 nitrogen and oxygen atoms in total. The number of imide groups is 2. The molecular weight excluding hydrogens is 845 g/mol. The first-order valence-corrected chi connectivity index (χ1v) is 23.1. The Hall–Kier alpha value is -3.93. The lowest BCUT2D eigenvalue weighted by Crippen LogP contribution is -2.45. The van der Waals surface area contributed by atoms with E-state index in [1.54, 1.807) is 21.6 Å². The van der Waals surface area contributed by atoms with E-state index in [1.807, 2.05) is 28.2 Å². The molecule has 4 amide bonds. The quantitative estimate of drug-likeness (QED) is 0.0257. The molecule has 2 saturated heterocycles. The number of likely N-dealkylation sites (N-methyl/N-ethyl adjacent to an activating group) is 2. The number of nitrogens with zero attached hydrogens (tertiary/aromatic N) is 6. The maximum absolute atomic E-state index is 13.3.